The molecule has 3 N–H and O–H groups in total. The quantitative estimate of drug-likeness (QED) is 0.865. The van der Waals surface area contributed by atoms with Gasteiger partial charge >= 0.3 is 0 Å². The van der Waals surface area contributed by atoms with Crippen molar-refractivity contribution in [3.63, 3.8) is 0 Å². The van der Waals surface area contributed by atoms with Gasteiger partial charge in [-0.15, -0.1) is 12.4 Å². The molecule has 112 valence electrons. The van der Waals surface area contributed by atoms with Crippen molar-refractivity contribution in [3.05, 3.63) is 34.3 Å². The molecule has 1 fully saturated rings. The van der Waals surface area contributed by atoms with Gasteiger partial charge in [0.25, 0.3) is 0 Å². The number of nitrogens with two attached hydrogens (primary N) is 1. The van der Waals surface area contributed by atoms with Crippen molar-refractivity contribution in [1.29, 1.82) is 0 Å². The van der Waals surface area contributed by atoms with E-state index in [2.05, 4.69) is 39.4 Å². The highest BCUT2D eigenvalue weighted by molar-refractivity contribution is 9.10. The first-order valence-corrected chi connectivity index (χ1v) is 7.62. The minimum absolute atomic E-state index is 0. The van der Waals surface area contributed by atoms with Crippen LogP contribution in [0.2, 0.25) is 0 Å². The van der Waals surface area contributed by atoms with E-state index in [1.807, 2.05) is 6.07 Å². The number of benzene rings is 1. The zero-order valence-electron chi connectivity index (χ0n) is 11.7. The summed E-state index contributed by atoms with van der Waals surface area (Å²) in [6, 6.07) is 7.98. The summed E-state index contributed by atoms with van der Waals surface area (Å²) in [5.41, 5.74) is 6.99. The Morgan fingerprint density at radius 3 is 2.65 bits per heavy atom. The molecule has 0 saturated heterocycles. The van der Waals surface area contributed by atoms with Crippen LogP contribution in [0.4, 0.5) is 0 Å². The molecular formula is C15H22BrClN2O. The highest BCUT2D eigenvalue weighted by Crippen LogP contribution is 2.41. The molecule has 5 heteroatoms. The predicted molar refractivity (Wildman–Crippen MR) is 88.2 cm³/mol. The molecule has 20 heavy (non-hydrogen) atoms. The van der Waals surface area contributed by atoms with Gasteiger partial charge < -0.3 is 11.1 Å². The van der Waals surface area contributed by atoms with E-state index in [1.54, 1.807) is 6.92 Å². The molecule has 0 bridgehead atoms. The van der Waals surface area contributed by atoms with Gasteiger partial charge in [-0.3, -0.25) is 4.79 Å². The minimum atomic E-state index is -0.444. The molecule has 1 aromatic carbocycles. The van der Waals surface area contributed by atoms with E-state index < -0.39 is 6.04 Å². The second-order valence-corrected chi connectivity index (χ2v) is 6.42. The largest absolute Gasteiger partial charge is 0.354 e. The van der Waals surface area contributed by atoms with Crippen LogP contribution in [0.25, 0.3) is 0 Å². The van der Waals surface area contributed by atoms with E-state index >= 15 is 0 Å². The molecule has 1 amide bonds. The first kappa shape index (κ1) is 17.5. The number of hydrogen-bond donors (Lipinski definition) is 2. The number of carbonyl (C=O) groups excluding carboxylic acids is 1. The summed E-state index contributed by atoms with van der Waals surface area (Å²) in [6.07, 6.45) is 4.70. The lowest BCUT2D eigenvalue weighted by molar-refractivity contribution is -0.122. The Morgan fingerprint density at radius 2 is 2.10 bits per heavy atom. The average Bonchev–Trinajstić information content (AvgIpc) is 2.86. The number of rotatable bonds is 4. The molecule has 1 unspecified atom stereocenters. The normalized spacial score (nSPS) is 18.1. The average molecular weight is 362 g/mol. The third kappa shape index (κ3) is 3.96. The fraction of sp³-hybridized carbons (Fsp3) is 0.533. The third-order valence-corrected chi connectivity index (χ3v) is 4.51. The van der Waals surface area contributed by atoms with Gasteiger partial charge in [-0.2, -0.15) is 0 Å². The molecular weight excluding hydrogens is 340 g/mol. The van der Waals surface area contributed by atoms with Gasteiger partial charge in [0.2, 0.25) is 5.91 Å². The lowest BCUT2D eigenvalue weighted by Crippen LogP contribution is -2.45. The van der Waals surface area contributed by atoms with Gasteiger partial charge in [0.05, 0.1) is 6.04 Å². The van der Waals surface area contributed by atoms with Crippen LogP contribution in [0.3, 0.4) is 0 Å². The molecule has 3 nitrogen and oxygen atoms in total. The maximum atomic E-state index is 11.7. The Morgan fingerprint density at radius 1 is 1.45 bits per heavy atom. The molecule has 1 aliphatic carbocycles. The Labute approximate surface area is 135 Å². The van der Waals surface area contributed by atoms with Crippen LogP contribution in [0.15, 0.2) is 28.7 Å². The van der Waals surface area contributed by atoms with Crippen LogP contribution in [0.5, 0.6) is 0 Å². The molecule has 1 aliphatic rings. The molecule has 0 radical (unpaired) electrons. The Balaban J connectivity index is 0.00000200. The number of nitrogens with one attached hydrogen (secondary N) is 1. The van der Waals surface area contributed by atoms with E-state index in [0.717, 1.165) is 17.3 Å². The molecule has 0 heterocycles. The fourth-order valence-corrected chi connectivity index (χ4v) is 3.25. The number of amides is 1. The molecule has 0 spiro atoms. The first-order valence-electron chi connectivity index (χ1n) is 6.83. The van der Waals surface area contributed by atoms with Gasteiger partial charge in [0.15, 0.2) is 0 Å². The smallest absolute Gasteiger partial charge is 0.236 e. The van der Waals surface area contributed by atoms with Crippen LogP contribution in [-0.2, 0) is 10.2 Å². The monoisotopic (exact) mass is 360 g/mol. The van der Waals surface area contributed by atoms with Gasteiger partial charge in [-0.25, -0.2) is 0 Å². The molecule has 0 aliphatic heterocycles. The maximum Gasteiger partial charge on any atom is 0.236 e. The van der Waals surface area contributed by atoms with Crippen LogP contribution >= 0.6 is 28.3 Å². The number of halogens is 2. The third-order valence-electron chi connectivity index (χ3n) is 4.01. The summed E-state index contributed by atoms with van der Waals surface area (Å²) in [6.45, 7) is 2.40. The number of carbonyl (C=O) groups is 1. The van der Waals surface area contributed by atoms with E-state index in [1.165, 1.54) is 18.4 Å². The van der Waals surface area contributed by atoms with Crippen molar-refractivity contribution in [1.82, 2.24) is 5.32 Å². The first-order chi connectivity index (χ1) is 9.03. The summed E-state index contributed by atoms with van der Waals surface area (Å²) in [7, 11) is 0. The van der Waals surface area contributed by atoms with E-state index in [-0.39, 0.29) is 23.7 Å². The zero-order valence-corrected chi connectivity index (χ0v) is 14.1. The van der Waals surface area contributed by atoms with E-state index in [9.17, 15) is 4.79 Å². The van der Waals surface area contributed by atoms with Gasteiger partial charge in [0, 0.05) is 16.4 Å². The SMILES string of the molecule is CC(N)C(=O)NCC1(c2cccc(Br)c2)CCCC1.Cl. The minimum Gasteiger partial charge on any atom is -0.354 e. The summed E-state index contributed by atoms with van der Waals surface area (Å²) in [5, 5.41) is 3.00. The van der Waals surface area contributed by atoms with Crippen LogP contribution in [0, 0.1) is 0 Å². The second-order valence-electron chi connectivity index (χ2n) is 5.50. The lowest BCUT2D eigenvalue weighted by atomic mass is 9.79. The van der Waals surface area contributed by atoms with Gasteiger partial charge in [0.1, 0.15) is 0 Å². The standard InChI is InChI=1S/C15H21BrN2O.ClH/c1-11(17)14(19)18-10-15(7-2-3-8-15)12-5-4-6-13(16)9-12;/h4-6,9,11H,2-3,7-8,10,17H2,1H3,(H,18,19);1H. The lowest BCUT2D eigenvalue weighted by Gasteiger charge is -2.30. The van der Waals surface area contributed by atoms with E-state index in [4.69, 9.17) is 5.73 Å². The Bertz CT molecular complexity index is 459. The zero-order chi connectivity index (χ0) is 13.9. The van der Waals surface area contributed by atoms with Crippen molar-refractivity contribution in [2.75, 3.05) is 6.54 Å². The summed E-state index contributed by atoms with van der Waals surface area (Å²) in [5.74, 6) is -0.0683. The second kappa shape index (κ2) is 7.43. The van der Waals surface area contributed by atoms with Crippen molar-refractivity contribution < 1.29 is 4.79 Å². The highest BCUT2D eigenvalue weighted by Gasteiger charge is 2.36. The molecule has 0 aromatic heterocycles. The Hall–Kier alpha value is -0.580. The van der Waals surface area contributed by atoms with Crippen molar-refractivity contribution in [2.45, 2.75) is 44.1 Å². The maximum absolute atomic E-state index is 11.7. The summed E-state index contributed by atoms with van der Waals surface area (Å²) in [4.78, 5) is 11.7. The Kier molecular flexibility index (Phi) is 6.49. The van der Waals surface area contributed by atoms with Gasteiger partial charge in [-0.05, 0) is 37.5 Å². The summed E-state index contributed by atoms with van der Waals surface area (Å²) >= 11 is 3.53. The van der Waals surface area contributed by atoms with Crippen molar-refractivity contribution in [3.8, 4) is 0 Å². The van der Waals surface area contributed by atoms with Gasteiger partial charge in [-0.1, -0.05) is 40.9 Å². The predicted octanol–water partition coefficient (Wildman–Crippen LogP) is 3.15. The highest BCUT2D eigenvalue weighted by atomic mass is 79.9. The van der Waals surface area contributed by atoms with Crippen molar-refractivity contribution in [2.24, 2.45) is 5.73 Å². The number of hydrogen-bond acceptors (Lipinski definition) is 2. The summed E-state index contributed by atoms with van der Waals surface area (Å²) < 4.78 is 1.09. The van der Waals surface area contributed by atoms with Crippen LogP contribution in [-0.4, -0.2) is 18.5 Å². The molecule has 1 atom stereocenters. The van der Waals surface area contributed by atoms with Crippen LogP contribution in [0.1, 0.15) is 38.2 Å². The topological polar surface area (TPSA) is 55.1 Å². The molecule has 2 rings (SSSR count). The van der Waals surface area contributed by atoms with E-state index in [0.29, 0.717) is 6.54 Å². The molecule has 1 aromatic rings. The molecule has 1 saturated carbocycles. The van der Waals surface area contributed by atoms with Crippen LogP contribution < -0.4 is 11.1 Å². The van der Waals surface area contributed by atoms with Crippen molar-refractivity contribution >= 4 is 34.2 Å². The fourth-order valence-electron chi connectivity index (χ4n) is 2.85.